The highest BCUT2D eigenvalue weighted by atomic mass is 16.5. The van der Waals surface area contributed by atoms with Crippen molar-refractivity contribution in [2.75, 3.05) is 13.7 Å². The van der Waals surface area contributed by atoms with Gasteiger partial charge in [-0.15, -0.1) is 0 Å². The number of rotatable bonds is 6. The Kier molecular flexibility index (Phi) is 4.70. The number of hydrogen-bond donors (Lipinski definition) is 1. The highest BCUT2D eigenvalue weighted by Gasteiger charge is 2.06. The summed E-state index contributed by atoms with van der Waals surface area (Å²) < 4.78 is 10.4. The molecule has 2 atom stereocenters. The van der Waals surface area contributed by atoms with Gasteiger partial charge >= 0.3 is 0 Å². The molecule has 0 saturated carbocycles. The van der Waals surface area contributed by atoms with E-state index in [1.807, 2.05) is 19.1 Å². The fraction of sp³-hybridized carbons (Fsp3) is 0.636. The summed E-state index contributed by atoms with van der Waals surface area (Å²) in [5, 5.41) is 3.39. The second kappa shape index (κ2) is 5.83. The third-order valence-electron chi connectivity index (χ3n) is 2.24. The number of methoxy groups -OCH3 is 1. The second-order valence-electron chi connectivity index (χ2n) is 3.64. The lowest BCUT2D eigenvalue weighted by molar-refractivity contribution is 0.114. The van der Waals surface area contributed by atoms with Crippen molar-refractivity contribution in [1.82, 2.24) is 5.32 Å². The Morgan fingerprint density at radius 2 is 2.29 bits per heavy atom. The molecule has 0 aliphatic heterocycles. The van der Waals surface area contributed by atoms with Gasteiger partial charge in [0, 0.05) is 26.1 Å². The minimum atomic E-state index is 0.258. The zero-order valence-corrected chi connectivity index (χ0v) is 9.12. The summed E-state index contributed by atoms with van der Waals surface area (Å²) in [6.45, 7) is 5.07. The Bertz CT molecular complexity index is 233. The summed E-state index contributed by atoms with van der Waals surface area (Å²) in [5.41, 5.74) is 0. The normalized spacial score (nSPS) is 15.4. The van der Waals surface area contributed by atoms with E-state index >= 15 is 0 Å². The van der Waals surface area contributed by atoms with Gasteiger partial charge in [-0.25, -0.2) is 0 Å². The topological polar surface area (TPSA) is 34.4 Å². The van der Waals surface area contributed by atoms with Gasteiger partial charge in [-0.3, -0.25) is 0 Å². The van der Waals surface area contributed by atoms with Crippen molar-refractivity contribution in [1.29, 1.82) is 0 Å². The Morgan fingerprint density at radius 1 is 1.50 bits per heavy atom. The van der Waals surface area contributed by atoms with Crippen molar-refractivity contribution in [3.63, 3.8) is 0 Å². The molecule has 1 rings (SSSR count). The molecule has 0 saturated heterocycles. The zero-order valence-electron chi connectivity index (χ0n) is 9.12. The van der Waals surface area contributed by atoms with Crippen molar-refractivity contribution in [2.24, 2.45) is 0 Å². The van der Waals surface area contributed by atoms with Gasteiger partial charge in [-0.1, -0.05) is 0 Å². The number of ether oxygens (including phenoxy) is 1. The van der Waals surface area contributed by atoms with Crippen LogP contribution in [0.25, 0.3) is 0 Å². The summed E-state index contributed by atoms with van der Waals surface area (Å²) in [6.07, 6.45) is 2.89. The maximum atomic E-state index is 5.27. The van der Waals surface area contributed by atoms with Crippen LogP contribution in [0.15, 0.2) is 22.8 Å². The quantitative estimate of drug-likeness (QED) is 0.755. The van der Waals surface area contributed by atoms with Crippen LogP contribution in [0.1, 0.15) is 19.6 Å². The predicted molar refractivity (Wildman–Crippen MR) is 56.3 cm³/mol. The van der Waals surface area contributed by atoms with Crippen molar-refractivity contribution in [3.8, 4) is 0 Å². The van der Waals surface area contributed by atoms with Crippen LogP contribution in [0.5, 0.6) is 0 Å². The molecule has 2 unspecified atom stereocenters. The molecule has 0 bridgehead atoms. The maximum Gasteiger partial charge on any atom is 0.105 e. The van der Waals surface area contributed by atoms with Crippen molar-refractivity contribution < 1.29 is 9.15 Å². The van der Waals surface area contributed by atoms with E-state index in [1.165, 1.54) is 0 Å². The summed E-state index contributed by atoms with van der Waals surface area (Å²) in [5.74, 6) is 1.02. The summed E-state index contributed by atoms with van der Waals surface area (Å²) >= 11 is 0. The smallest absolute Gasteiger partial charge is 0.105 e. The molecule has 0 aliphatic carbocycles. The molecule has 0 spiro atoms. The highest BCUT2D eigenvalue weighted by molar-refractivity contribution is 4.99. The van der Waals surface area contributed by atoms with Gasteiger partial charge in [0.1, 0.15) is 5.76 Å². The summed E-state index contributed by atoms with van der Waals surface area (Å²) in [6, 6.07) is 4.33. The maximum absolute atomic E-state index is 5.27. The lowest BCUT2D eigenvalue weighted by Gasteiger charge is -2.15. The fourth-order valence-corrected chi connectivity index (χ4v) is 1.25. The first-order valence-electron chi connectivity index (χ1n) is 5.01. The van der Waals surface area contributed by atoms with Crippen LogP contribution < -0.4 is 5.32 Å². The van der Waals surface area contributed by atoms with Crippen LogP contribution in [-0.4, -0.2) is 25.8 Å². The first-order valence-corrected chi connectivity index (χ1v) is 5.01. The molecule has 14 heavy (non-hydrogen) atoms. The van der Waals surface area contributed by atoms with Gasteiger partial charge in [0.05, 0.1) is 12.4 Å². The van der Waals surface area contributed by atoms with Gasteiger partial charge in [0.2, 0.25) is 0 Å². The molecule has 0 aliphatic rings. The molecule has 1 aromatic rings. The lowest BCUT2D eigenvalue weighted by atomic mass is 10.2. The number of hydrogen-bond acceptors (Lipinski definition) is 3. The number of nitrogens with one attached hydrogen (secondary N) is 1. The minimum Gasteiger partial charge on any atom is -0.469 e. The Hall–Kier alpha value is -0.800. The fourth-order valence-electron chi connectivity index (χ4n) is 1.25. The Morgan fingerprint density at radius 3 is 2.86 bits per heavy atom. The highest BCUT2D eigenvalue weighted by Crippen LogP contribution is 2.03. The summed E-state index contributed by atoms with van der Waals surface area (Å²) in [7, 11) is 1.73. The predicted octanol–water partition coefficient (Wildman–Crippen LogP) is 1.84. The molecule has 0 aromatic carbocycles. The Balaban J connectivity index is 2.19. The van der Waals surface area contributed by atoms with Crippen LogP contribution in [0, 0.1) is 0 Å². The van der Waals surface area contributed by atoms with E-state index in [1.54, 1.807) is 13.4 Å². The number of furan rings is 1. The first kappa shape index (κ1) is 11.3. The van der Waals surface area contributed by atoms with E-state index in [0.29, 0.717) is 6.04 Å². The molecule has 3 nitrogen and oxygen atoms in total. The first-order chi connectivity index (χ1) is 6.72. The van der Waals surface area contributed by atoms with E-state index in [4.69, 9.17) is 9.15 Å². The SMILES string of the molecule is COC(C)CNC(C)Cc1ccco1. The van der Waals surface area contributed by atoms with Crippen molar-refractivity contribution in [3.05, 3.63) is 24.2 Å². The molecule has 80 valence electrons. The molecule has 3 heteroatoms. The van der Waals surface area contributed by atoms with E-state index in [2.05, 4.69) is 12.2 Å². The van der Waals surface area contributed by atoms with E-state index in [0.717, 1.165) is 18.7 Å². The van der Waals surface area contributed by atoms with E-state index in [-0.39, 0.29) is 6.10 Å². The molecule has 1 aromatic heterocycles. The van der Waals surface area contributed by atoms with Gasteiger partial charge < -0.3 is 14.5 Å². The van der Waals surface area contributed by atoms with Gasteiger partial charge in [-0.05, 0) is 26.0 Å². The average Bonchev–Trinajstić information content (AvgIpc) is 2.66. The van der Waals surface area contributed by atoms with Crippen LogP contribution in [0.2, 0.25) is 0 Å². The van der Waals surface area contributed by atoms with Gasteiger partial charge in [0.15, 0.2) is 0 Å². The zero-order chi connectivity index (χ0) is 10.4. The Labute approximate surface area is 85.4 Å². The largest absolute Gasteiger partial charge is 0.469 e. The average molecular weight is 197 g/mol. The van der Waals surface area contributed by atoms with Crippen molar-refractivity contribution >= 4 is 0 Å². The van der Waals surface area contributed by atoms with Crippen LogP contribution in [-0.2, 0) is 11.2 Å². The van der Waals surface area contributed by atoms with Crippen LogP contribution >= 0.6 is 0 Å². The molecule has 0 fully saturated rings. The van der Waals surface area contributed by atoms with Gasteiger partial charge in [0.25, 0.3) is 0 Å². The van der Waals surface area contributed by atoms with Crippen LogP contribution in [0.3, 0.4) is 0 Å². The van der Waals surface area contributed by atoms with Crippen molar-refractivity contribution in [2.45, 2.75) is 32.4 Å². The third kappa shape index (κ3) is 3.94. The summed E-state index contributed by atoms with van der Waals surface area (Å²) in [4.78, 5) is 0. The minimum absolute atomic E-state index is 0.258. The molecule has 0 amide bonds. The third-order valence-corrected chi connectivity index (χ3v) is 2.24. The second-order valence-corrected chi connectivity index (χ2v) is 3.64. The molecule has 1 N–H and O–H groups in total. The van der Waals surface area contributed by atoms with E-state index in [9.17, 15) is 0 Å². The monoisotopic (exact) mass is 197 g/mol. The van der Waals surface area contributed by atoms with Crippen LogP contribution in [0.4, 0.5) is 0 Å². The molecular weight excluding hydrogens is 178 g/mol. The standard InChI is InChI=1S/C11H19NO2/c1-9(12-8-10(2)13-3)7-11-5-4-6-14-11/h4-6,9-10,12H,7-8H2,1-3H3. The molecule has 1 heterocycles. The van der Waals surface area contributed by atoms with E-state index < -0.39 is 0 Å². The lowest BCUT2D eigenvalue weighted by Crippen LogP contribution is -2.34. The molecular formula is C11H19NO2. The molecule has 0 radical (unpaired) electrons. The van der Waals surface area contributed by atoms with Gasteiger partial charge in [-0.2, -0.15) is 0 Å².